The lowest BCUT2D eigenvalue weighted by molar-refractivity contribution is 0.691. The van der Waals surface area contributed by atoms with Crippen LogP contribution in [0.5, 0.6) is 0 Å². The van der Waals surface area contributed by atoms with Gasteiger partial charge in [0.15, 0.2) is 0 Å². The first-order chi connectivity index (χ1) is 7.33. The molecule has 0 fully saturated rings. The van der Waals surface area contributed by atoms with E-state index in [0.717, 1.165) is 4.47 Å². The molecule has 1 atom stereocenters. The smallest absolute Gasteiger partial charge is 0.0593 e. The highest BCUT2D eigenvalue weighted by Crippen LogP contribution is 2.29. The molecule has 0 aliphatic heterocycles. The van der Waals surface area contributed by atoms with E-state index >= 15 is 0 Å². The largest absolute Gasteiger partial charge is 0.309 e. The molecule has 0 saturated carbocycles. The standard InChI is InChI=1S/C12H12BrNS/c1-14-12(9-6-7-15-8-9)10-4-2-3-5-11(10)13/h2-8,12,14H,1H3. The summed E-state index contributed by atoms with van der Waals surface area (Å²) < 4.78 is 1.15. The molecule has 1 heterocycles. The Labute approximate surface area is 102 Å². The number of thiophene rings is 1. The molecule has 0 aliphatic carbocycles. The molecule has 1 aromatic carbocycles. The average Bonchev–Trinajstić information content (AvgIpc) is 2.75. The molecule has 1 aromatic heterocycles. The van der Waals surface area contributed by atoms with Crippen molar-refractivity contribution < 1.29 is 0 Å². The van der Waals surface area contributed by atoms with Crippen LogP contribution in [0.3, 0.4) is 0 Å². The van der Waals surface area contributed by atoms with Crippen LogP contribution in [-0.2, 0) is 0 Å². The fourth-order valence-corrected chi connectivity index (χ4v) is 2.85. The Morgan fingerprint density at radius 3 is 2.67 bits per heavy atom. The van der Waals surface area contributed by atoms with Gasteiger partial charge in [0.1, 0.15) is 0 Å². The lowest BCUT2D eigenvalue weighted by Crippen LogP contribution is -2.17. The Hall–Kier alpha value is -0.640. The Bertz CT molecular complexity index is 425. The summed E-state index contributed by atoms with van der Waals surface area (Å²) in [6, 6.07) is 10.7. The van der Waals surface area contributed by atoms with Crippen molar-refractivity contribution in [2.24, 2.45) is 0 Å². The van der Waals surface area contributed by atoms with Crippen LogP contribution in [0.2, 0.25) is 0 Å². The maximum Gasteiger partial charge on any atom is 0.0593 e. The predicted molar refractivity (Wildman–Crippen MR) is 69.4 cm³/mol. The van der Waals surface area contributed by atoms with Crippen molar-refractivity contribution in [3.05, 3.63) is 56.7 Å². The quantitative estimate of drug-likeness (QED) is 0.902. The summed E-state index contributed by atoms with van der Waals surface area (Å²) in [5, 5.41) is 7.63. The van der Waals surface area contributed by atoms with Gasteiger partial charge in [-0.1, -0.05) is 34.1 Å². The zero-order chi connectivity index (χ0) is 10.7. The second-order valence-corrected chi connectivity index (χ2v) is 4.93. The minimum atomic E-state index is 0.270. The highest BCUT2D eigenvalue weighted by atomic mass is 79.9. The van der Waals surface area contributed by atoms with Crippen LogP contribution < -0.4 is 5.32 Å². The van der Waals surface area contributed by atoms with E-state index in [0.29, 0.717) is 0 Å². The van der Waals surface area contributed by atoms with E-state index in [1.807, 2.05) is 13.1 Å². The Balaban J connectivity index is 2.40. The van der Waals surface area contributed by atoms with Crippen LogP contribution in [0.25, 0.3) is 0 Å². The number of hydrogen-bond acceptors (Lipinski definition) is 2. The van der Waals surface area contributed by atoms with E-state index in [2.05, 4.69) is 56.3 Å². The molecule has 0 spiro atoms. The number of rotatable bonds is 3. The number of hydrogen-bond donors (Lipinski definition) is 1. The first-order valence-corrected chi connectivity index (χ1v) is 6.50. The van der Waals surface area contributed by atoms with Gasteiger partial charge in [-0.05, 0) is 41.1 Å². The normalized spacial score (nSPS) is 12.7. The van der Waals surface area contributed by atoms with E-state index in [1.54, 1.807) is 11.3 Å². The zero-order valence-electron chi connectivity index (χ0n) is 8.41. The van der Waals surface area contributed by atoms with Crippen LogP contribution in [0, 0.1) is 0 Å². The molecule has 2 rings (SSSR count). The third-order valence-electron chi connectivity index (χ3n) is 2.38. The second-order valence-electron chi connectivity index (χ2n) is 3.30. The molecular weight excluding hydrogens is 270 g/mol. The number of halogens is 1. The van der Waals surface area contributed by atoms with Crippen molar-refractivity contribution in [1.29, 1.82) is 0 Å². The lowest BCUT2D eigenvalue weighted by Gasteiger charge is -2.16. The van der Waals surface area contributed by atoms with E-state index in [4.69, 9.17) is 0 Å². The van der Waals surface area contributed by atoms with Crippen LogP contribution >= 0.6 is 27.3 Å². The molecule has 0 amide bonds. The summed E-state index contributed by atoms with van der Waals surface area (Å²) >= 11 is 5.32. The fourth-order valence-electron chi connectivity index (χ4n) is 1.65. The summed E-state index contributed by atoms with van der Waals surface area (Å²) in [6.07, 6.45) is 0. The van der Waals surface area contributed by atoms with Gasteiger partial charge in [-0.3, -0.25) is 0 Å². The maximum absolute atomic E-state index is 3.59. The fraction of sp³-hybridized carbons (Fsp3) is 0.167. The van der Waals surface area contributed by atoms with Gasteiger partial charge in [-0.2, -0.15) is 11.3 Å². The van der Waals surface area contributed by atoms with Gasteiger partial charge in [0.05, 0.1) is 6.04 Å². The van der Waals surface area contributed by atoms with Crippen molar-refractivity contribution in [1.82, 2.24) is 5.32 Å². The molecule has 78 valence electrons. The first-order valence-electron chi connectivity index (χ1n) is 4.76. The van der Waals surface area contributed by atoms with Gasteiger partial charge in [0, 0.05) is 4.47 Å². The van der Waals surface area contributed by atoms with Gasteiger partial charge >= 0.3 is 0 Å². The molecule has 0 saturated heterocycles. The highest BCUT2D eigenvalue weighted by Gasteiger charge is 2.14. The molecule has 1 nitrogen and oxygen atoms in total. The SMILES string of the molecule is CNC(c1ccsc1)c1ccccc1Br. The van der Waals surface area contributed by atoms with E-state index in [1.165, 1.54) is 11.1 Å². The molecular formula is C12H12BrNS. The summed E-state index contributed by atoms with van der Waals surface area (Å²) in [5.74, 6) is 0. The Morgan fingerprint density at radius 1 is 1.27 bits per heavy atom. The van der Waals surface area contributed by atoms with Crippen LogP contribution in [-0.4, -0.2) is 7.05 Å². The van der Waals surface area contributed by atoms with E-state index in [9.17, 15) is 0 Å². The van der Waals surface area contributed by atoms with Crippen molar-refractivity contribution in [3.63, 3.8) is 0 Å². The van der Waals surface area contributed by atoms with Gasteiger partial charge in [-0.25, -0.2) is 0 Å². The maximum atomic E-state index is 3.59. The molecule has 1 N–H and O–H groups in total. The second kappa shape index (κ2) is 4.92. The molecule has 0 radical (unpaired) electrons. The van der Waals surface area contributed by atoms with Gasteiger partial charge in [-0.15, -0.1) is 0 Å². The van der Waals surface area contributed by atoms with E-state index < -0.39 is 0 Å². The summed E-state index contributed by atoms with van der Waals surface area (Å²) in [4.78, 5) is 0. The van der Waals surface area contributed by atoms with Crippen LogP contribution in [0.1, 0.15) is 17.2 Å². The van der Waals surface area contributed by atoms with Crippen molar-refractivity contribution in [2.45, 2.75) is 6.04 Å². The van der Waals surface area contributed by atoms with Crippen LogP contribution in [0.15, 0.2) is 45.6 Å². The third kappa shape index (κ3) is 2.30. The first kappa shape index (κ1) is 10.9. The molecule has 0 aliphatic rings. The molecule has 3 heteroatoms. The third-order valence-corrected chi connectivity index (χ3v) is 3.81. The van der Waals surface area contributed by atoms with Gasteiger partial charge < -0.3 is 5.32 Å². The topological polar surface area (TPSA) is 12.0 Å². The lowest BCUT2D eigenvalue weighted by atomic mass is 10.0. The number of nitrogens with one attached hydrogen (secondary N) is 1. The Morgan fingerprint density at radius 2 is 2.07 bits per heavy atom. The molecule has 2 aromatic rings. The predicted octanol–water partition coefficient (Wildman–Crippen LogP) is 3.82. The molecule has 1 unspecified atom stereocenters. The summed E-state index contributed by atoms with van der Waals surface area (Å²) in [5.41, 5.74) is 2.59. The number of benzene rings is 1. The van der Waals surface area contributed by atoms with Gasteiger partial charge in [0.25, 0.3) is 0 Å². The monoisotopic (exact) mass is 281 g/mol. The molecule has 0 bridgehead atoms. The molecule has 15 heavy (non-hydrogen) atoms. The summed E-state index contributed by atoms with van der Waals surface area (Å²) in [6.45, 7) is 0. The van der Waals surface area contributed by atoms with Crippen molar-refractivity contribution in [3.8, 4) is 0 Å². The van der Waals surface area contributed by atoms with E-state index in [-0.39, 0.29) is 6.04 Å². The minimum absolute atomic E-state index is 0.270. The van der Waals surface area contributed by atoms with Crippen LogP contribution in [0.4, 0.5) is 0 Å². The summed E-state index contributed by atoms with van der Waals surface area (Å²) in [7, 11) is 1.99. The van der Waals surface area contributed by atoms with Crippen molar-refractivity contribution in [2.75, 3.05) is 7.05 Å². The average molecular weight is 282 g/mol. The van der Waals surface area contributed by atoms with Gasteiger partial charge in [0.2, 0.25) is 0 Å². The highest BCUT2D eigenvalue weighted by molar-refractivity contribution is 9.10. The Kier molecular flexibility index (Phi) is 3.57. The minimum Gasteiger partial charge on any atom is -0.309 e. The zero-order valence-corrected chi connectivity index (χ0v) is 10.8. The van der Waals surface area contributed by atoms with Crippen molar-refractivity contribution >= 4 is 27.3 Å².